The van der Waals surface area contributed by atoms with Gasteiger partial charge in [0.25, 0.3) is 0 Å². The number of hydrogen-bond acceptors (Lipinski definition) is 2. The molecule has 0 saturated carbocycles. The van der Waals surface area contributed by atoms with Crippen molar-refractivity contribution in [1.29, 1.82) is 0 Å². The van der Waals surface area contributed by atoms with E-state index in [1.807, 2.05) is 0 Å². The first-order valence-corrected chi connectivity index (χ1v) is 1.68. The highest BCUT2D eigenvalue weighted by Gasteiger charge is 1.78. The Labute approximate surface area is 35.8 Å². The van der Waals surface area contributed by atoms with Crippen LogP contribution in [0.2, 0.25) is 0 Å². The smallest absolute Gasteiger partial charge is 0.191 e. The molecule has 1 rings (SSSR count). The lowest BCUT2D eigenvalue weighted by atomic mass is 10.8. The summed E-state index contributed by atoms with van der Waals surface area (Å²) in [5, 5.41) is 0. The molecule has 2 nitrogen and oxygen atoms in total. The maximum atomic E-state index is 4.60. The van der Waals surface area contributed by atoms with Crippen LogP contribution in [0, 0.1) is 13.2 Å². The molecule has 0 saturated heterocycles. The van der Waals surface area contributed by atoms with Crippen LogP contribution in [-0.2, 0) is 0 Å². The molecule has 2 heteroatoms. The zero-order valence-corrected chi connectivity index (χ0v) is 3.43. The third-order valence-electron chi connectivity index (χ3n) is 0.506. The van der Waals surface area contributed by atoms with Gasteiger partial charge in [-0.15, -0.1) is 0 Å². The Morgan fingerprint density at radius 3 is 3.00 bits per heavy atom. The van der Waals surface area contributed by atoms with Crippen molar-refractivity contribution in [2.45, 2.75) is 6.92 Å². The van der Waals surface area contributed by atoms with Crippen LogP contribution in [0.3, 0.4) is 0 Å². The van der Waals surface area contributed by atoms with E-state index in [0.717, 1.165) is 0 Å². The van der Waals surface area contributed by atoms with Crippen LogP contribution in [-0.4, -0.2) is 4.98 Å². The van der Waals surface area contributed by atoms with Crippen molar-refractivity contribution in [2.75, 3.05) is 0 Å². The van der Waals surface area contributed by atoms with Gasteiger partial charge in [0.1, 0.15) is 0 Å². The molecule has 0 fully saturated rings. The van der Waals surface area contributed by atoms with E-state index in [1.165, 1.54) is 6.20 Å². The van der Waals surface area contributed by atoms with Crippen molar-refractivity contribution in [3.8, 4) is 0 Å². The Hall–Kier alpha value is -0.790. The molecule has 0 unspecified atom stereocenters. The molecule has 0 aliphatic carbocycles. The molecule has 1 heterocycles. The predicted octanol–water partition coefficient (Wildman–Crippen LogP) is 0.783. The summed E-state index contributed by atoms with van der Waals surface area (Å²) in [5.41, 5.74) is 0. The van der Waals surface area contributed by atoms with Crippen LogP contribution >= 0.6 is 0 Å². The molecule has 0 atom stereocenters. The summed E-state index contributed by atoms with van der Waals surface area (Å²) >= 11 is 0. The van der Waals surface area contributed by atoms with E-state index in [-0.39, 0.29) is 0 Å². The molecule has 0 aromatic carbocycles. The van der Waals surface area contributed by atoms with Crippen LogP contribution in [0.25, 0.3) is 0 Å². The molecular weight excluding hydrogens is 78.0 g/mol. The number of nitrogens with zero attached hydrogens (tertiary/aromatic N) is 1. The lowest BCUT2D eigenvalue weighted by molar-refractivity contribution is 0.514. The minimum atomic E-state index is 0.662. The predicted molar refractivity (Wildman–Crippen MR) is 20.1 cm³/mol. The summed E-state index contributed by atoms with van der Waals surface area (Å²) in [6, 6.07) is 0. The van der Waals surface area contributed by atoms with E-state index in [4.69, 9.17) is 0 Å². The van der Waals surface area contributed by atoms with Crippen LogP contribution in [0.5, 0.6) is 0 Å². The Morgan fingerprint density at radius 1 is 2.00 bits per heavy atom. The highest BCUT2D eigenvalue weighted by atomic mass is 16.3. The largest absolute Gasteiger partial charge is 0.438 e. The first kappa shape index (κ1) is 3.40. The summed E-state index contributed by atoms with van der Waals surface area (Å²) in [6.45, 7) is 1.77. The molecular formula is C4H4NO. The lowest BCUT2D eigenvalue weighted by Crippen LogP contribution is -1.59. The molecule has 6 heavy (non-hydrogen) atoms. The van der Waals surface area contributed by atoms with Gasteiger partial charge in [-0.25, -0.2) is 4.98 Å². The summed E-state index contributed by atoms with van der Waals surface area (Å²) in [5.74, 6) is 0.662. The van der Waals surface area contributed by atoms with Gasteiger partial charge < -0.3 is 4.42 Å². The summed E-state index contributed by atoms with van der Waals surface area (Å²) in [7, 11) is 0. The Bertz CT molecular complexity index is 111. The molecule has 31 valence electrons. The fourth-order valence-electron chi connectivity index (χ4n) is 0.255. The highest BCUT2D eigenvalue weighted by Crippen LogP contribution is 1.85. The Kier molecular flexibility index (Phi) is 0.638. The SMILES string of the molecule is Cc1nc[c]o1. The topological polar surface area (TPSA) is 26.0 Å². The average molecular weight is 82.1 g/mol. The number of oxazole rings is 1. The third kappa shape index (κ3) is 0.407. The second-order valence-corrected chi connectivity index (χ2v) is 0.997. The zero-order chi connectivity index (χ0) is 4.41. The maximum absolute atomic E-state index is 4.60. The fourth-order valence-corrected chi connectivity index (χ4v) is 0.255. The van der Waals surface area contributed by atoms with Gasteiger partial charge in [-0.1, -0.05) is 0 Å². The molecule has 1 radical (unpaired) electrons. The standard InChI is InChI=1S/C4H4NO/c1-4-5-2-3-6-4/h2H,1H3. The average Bonchev–Trinajstić information content (AvgIpc) is 1.86. The van der Waals surface area contributed by atoms with Crippen molar-refractivity contribution < 1.29 is 4.42 Å². The van der Waals surface area contributed by atoms with E-state index in [0.29, 0.717) is 5.89 Å². The van der Waals surface area contributed by atoms with Gasteiger partial charge in [0, 0.05) is 6.92 Å². The molecule has 0 bridgehead atoms. The van der Waals surface area contributed by atoms with E-state index in [9.17, 15) is 0 Å². The first-order valence-electron chi connectivity index (χ1n) is 1.68. The Morgan fingerprint density at radius 2 is 2.83 bits per heavy atom. The lowest BCUT2D eigenvalue weighted by Gasteiger charge is -1.66. The van der Waals surface area contributed by atoms with Gasteiger partial charge in [0.2, 0.25) is 0 Å². The summed E-state index contributed by atoms with van der Waals surface area (Å²) in [4.78, 5) is 3.69. The van der Waals surface area contributed by atoms with Crippen molar-refractivity contribution in [1.82, 2.24) is 4.98 Å². The fraction of sp³-hybridized carbons (Fsp3) is 0.250. The normalized spacial score (nSPS) is 8.83. The molecule has 0 amide bonds. The molecule has 1 aromatic rings. The van der Waals surface area contributed by atoms with Crippen LogP contribution in [0.4, 0.5) is 0 Å². The number of rotatable bonds is 0. The quantitative estimate of drug-likeness (QED) is 0.462. The van der Waals surface area contributed by atoms with E-state index in [2.05, 4.69) is 15.7 Å². The van der Waals surface area contributed by atoms with Crippen molar-refractivity contribution in [2.24, 2.45) is 0 Å². The van der Waals surface area contributed by atoms with Crippen LogP contribution < -0.4 is 0 Å². The summed E-state index contributed by atoms with van der Waals surface area (Å²) in [6.07, 6.45) is 3.94. The van der Waals surface area contributed by atoms with Crippen molar-refractivity contribution in [3.05, 3.63) is 18.4 Å². The van der Waals surface area contributed by atoms with E-state index >= 15 is 0 Å². The van der Waals surface area contributed by atoms with Gasteiger partial charge in [-0.05, 0) is 0 Å². The molecule has 1 aromatic heterocycles. The number of aryl methyl sites for hydroxylation is 1. The molecule has 0 aliphatic heterocycles. The molecule has 0 spiro atoms. The van der Waals surface area contributed by atoms with Crippen LogP contribution in [0.15, 0.2) is 10.6 Å². The minimum absolute atomic E-state index is 0.662. The number of hydrogen-bond donors (Lipinski definition) is 0. The van der Waals surface area contributed by atoms with E-state index < -0.39 is 0 Å². The van der Waals surface area contributed by atoms with Gasteiger partial charge >= 0.3 is 0 Å². The van der Waals surface area contributed by atoms with E-state index in [1.54, 1.807) is 6.92 Å². The van der Waals surface area contributed by atoms with Crippen LogP contribution in [0.1, 0.15) is 5.89 Å². The van der Waals surface area contributed by atoms with Gasteiger partial charge in [0.05, 0.1) is 6.20 Å². The molecule has 0 N–H and O–H groups in total. The highest BCUT2D eigenvalue weighted by molar-refractivity contribution is 4.70. The molecule has 0 aliphatic rings. The van der Waals surface area contributed by atoms with Crippen molar-refractivity contribution >= 4 is 0 Å². The summed E-state index contributed by atoms with van der Waals surface area (Å²) < 4.78 is 4.60. The zero-order valence-electron chi connectivity index (χ0n) is 3.43. The maximum Gasteiger partial charge on any atom is 0.191 e. The monoisotopic (exact) mass is 82.0 g/mol. The second-order valence-electron chi connectivity index (χ2n) is 0.997. The van der Waals surface area contributed by atoms with Gasteiger partial charge in [0.15, 0.2) is 12.2 Å². The number of aromatic nitrogens is 1. The van der Waals surface area contributed by atoms with Gasteiger partial charge in [-0.2, -0.15) is 0 Å². The first-order chi connectivity index (χ1) is 2.89. The Balaban J connectivity index is 3.05. The van der Waals surface area contributed by atoms with Crippen molar-refractivity contribution in [3.63, 3.8) is 0 Å². The minimum Gasteiger partial charge on any atom is -0.438 e. The van der Waals surface area contributed by atoms with Gasteiger partial charge in [-0.3, -0.25) is 0 Å². The third-order valence-corrected chi connectivity index (χ3v) is 0.506. The second kappa shape index (κ2) is 1.12.